The summed E-state index contributed by atoms with van der Waals surface area (Å²) in [5.41, 5.74) is 0.929. The van der Waals surface area contributed by atoms with Crippen molar-refractivity contribution >= 4 is 5.91 Å². The van der Waals surface area contributed by atoms with E-state index in [1.165, 1.54) is 0 Å². The van der Waals surface area contributed by atoms with Gasteiger partial charge >= 0.3 is 0 Å². The number of nitrogens with zero attached hydrogens (tertiary/aromatic N) is 3. The summed E-state index contributed by atoms with van der Waals surface area (Å²) in [4.78, 5) is 18.7. The average Bonchev–Trinajstić information content (AvgIpc) is 2.45. The third-order valence-corrected chi connectivity index (χ3v) is 4.45. The lowest BCUT2D eigenvalue weighted by molar-refractivity contribution is -0.132. The van der Waals surface area contributed by atoms with Crippen molar-refractivity contribution in [3.63, 3.8) is 0 Å². The molecule has 0 radical (unpaired) electrons. The van der Waals surface area contributed by atoms with Crippen LogP contribution in [0.4, 0.5) is 0 Å². The maximum absolute atomic E-state index is 12.4. The van der Waals surface area contributed by atoms with E-state index in [4.69, 9.17) is 0 Å². The van der Waals surface area contributed by atoms with Gasteiger partial charge in [0.05, 0.1) is 12.6 Å². The third-order valence-electron chi connectivity index (χ3n) is 4.45. The van der Waals surface area contributed by atoms with Gasteiger partial charge in [-0.25, -0.2) is 0 Å². The van der Waals surface area contributed by atoms with Crippen LogP contribution < -0.4 is 0 Å². The Kier molecular flexibility index (Phi) is 7.71. The number of hydrogen-bond donors (Lipinski definition) is 1. The summed E-state index contributed by atoms with van der Waals surface area (Å²) in [7, 11) is 0. The molecule has 23 heavy (non-hydrogen) atoms. The largest absolute Gasteiger partial charge is 0.391 e. The number of amides is 1. The van der Waals surface area contributed by atoms with Crippen LogP contribution in [-0.4, -0.2) is 84.2 Å². The van der Waals surface area contributed by atoms with Crippen LogP contribution >= 0.6 is 0 Å². The molecule has 1 heterocycles. The second-order valence-electron chi connectivity index (χ2n) is 7.82. The van der Waals surface area contributed by atoms with Gasteiger partial charge in [-0.1, -0.05) is 32.9 Å². The quantitative estimate of drug-likeness (QED) is 0.720. The Balaban J connectivity index is 2.38. The van der Waals surface area contributed by atoms with E-state index in [9.17, 15) is 9.90 Å². The molecule has 1 fully saturated rings. The zero-order valence-corrected chi connectivity index (χ0v) is 15.6. The minimum atomic E-state index is -0.318. The molecular weight excluding hydrogens is 290 g/mol. The number of rotatable bonds is 7. The van der Waals surface area contributed by atoms with E-state index in [0.717, 1.165) is 38.3 Å². The lowest BCUT2D eigenvalue weighted by Gasteiger charge is -2.38. The summed E-state index contributed by atoms with van der Waals surface area (Å²) in [6.45, 7) is 20.2. The van der Waals surface area contributed by atoms with E-state index < -0.39 is 0 Å². The minimum Gasteiger partial charge on any atom is -0.391 e. The summed E-state index contributed by atoms with van der Waals surface area (Å²) < 4.78 is 0. The molecule has 0 bridgehead atoms. The molecule has 1 unspecified atom stereocenters. The lowest BCUT2D eigenvalue weighted by Crippen LogP contribution is -2.52. The maximum Gasteiger partial charge on any atom is 0.237 e. The molecule has 5 nitrogen and oxygen atoms in total. The summed E-state index contributed by atoms with van der Waals surface area (Å²) in [5.74, 6) is 0.179. The molecule has 5 heteroatoms. The van der Waals surface area contributed by atoms with E-state index in [2.05, 4.69) is 37.1 Å². The highest BCUT2D eigenvalue weighted by Gasteiger charge is 2.27. The van der Waals surface area contributed by atoms with Gasteiger partial charge in [-0.2, -0.15) is 0 Å². The normalized spacial score (nSPS) is 18.7. The van der Waals surface area contributed by atoms with Gasteiger partial charge in [-0.15, -0.1) is 0 Å². The summed E-state index contributed by atoms with van der Waals surface area (Å²) in [6, 6.07) is 0. The molecule has 0 saturated carbocycles. The van der Waals surface area contributed by atoms with Crippen molar-refractivity contribution in [2.45, 2.75) is 40.7 Å². The monoisotopic (exact) mass is 325 g/mol. The number of aliphatic hydroxyl groups is 1. The van der Waals surface area contributed by atoms with Crippen LogP contribution in [0, 0.1) is 5.41 Å². The average molecular weight is 325 g/mol. The second kappa shape index (κ2) is 8.81. The van der Waals surface area contributed by atoms with Crippen molar-refractivity contribution < 1.29 is 9.90 Å². The van der Waals surface area contributed by atoms with Crippen molar-refractivity contribution in [1.82, 2.24) is 14.7 Å². The highest BCUT2D eigenvalue weighted by Crippen LogP contribution is 2.20. The Morgan fingerprint density at radius 3 is 2.17 bits per heavy atom. The Hall–Kier alpha value is -0.910. The van der Waals surface area contributed by atoms with E-state index in [1.807, 2.05) is 18.7 Å². The van der Waals surface area contributed by atoms with E-state index in [-0.39, 0.29) is 17.4 Å². The highest BCUT2D eigenvalue weighted by atomic mass is 16.3. The first kappa shape index (κ1) is 20.1. The molecule has 1 amide bonds. The second-order valence-corrected chi connectivity index (χ2v) is 7.82. The molecule has 1 atom stereocenters. The first-order valence-corrected chi connectivity index (χ1v) is 8.68. The van der Waals surface area contributed by atoms with E-state index in [0.29, 0.717) is 19.6 Å². The van der Waals surface area contributed by atoms with E-state index in [1.54, 1.807) is 0 Å². The lowest BCUT2D eigenvalue weighted by atomic mass is 9.89. The van der Waals surface area contributed by atoms with Crippen molar-refractivity contribution in [3.8, 4) is 0 Å². The molecular formula is C18H35N3O2. The Morgan fingerprint density at radius 2 is 1.74 bits per heavy atom. The van der Waals surface area contributed by atoms with Crippen molar-refractivity contribution in [2.75, 3.05) is 52.4 Å². The molecule has 1 saturated heterocycles. The van der Waals surface area contributed by atoms with Crippen LogP contribution in [0.2, 0.25) is 0 Å². The van der Waals surface area contributed by atoms with Gasteiger partial charge in [0.1, 0.15) is 0 Å². The number of hydrogen-bond acceptors (Lipinski definition) is 4. The molecule has 0 aromatic heterocycles. The number of carbonyl (C=O) groups is 1. The van der Waals surface area contributed by atoms with Gasteiger partial charge in [0.15, 0.2) is 0 Å². The fraction of sp³-hybridized carbons (Fsp3) is 0.833. The molecule has 0 spiro atoms. The molecule has 0 aromatic carbocycles. The Morgan fingerprint density at radius 1 is 1.22 bits per heavy atom. The van der Waals surface area contributed by atoms with Gasteiger partial charge in [-0.3, -0.25) is 14.6 Å². The Labute approximate surface area is 141 Å². The van der Waals surface area contributed by atoms with Crippen LogP contribution in [0.25, 0.3) is 0 Å². The summed E-state index contributed by atoms with van der Waals surface area (Å²) in [6.07, 6.45) is -0.318. The standard InChI is InChI=1S/C18H35N3O2/c1-7-21(12-15(2)3)17(23)14-20-10-8-19(9-11-20)13-16(22)18(4,5)6/h16,22H,2,7-14H2,1,3-6H3. The highest BCUT2D eigenvalue weighted by molar-refractivity contribution is 5.78. The predicted octanol–water partition coefficient (Wildman–Crippen LogP) is 1.44. The number of aliphatic hydroxyl groups excluding tert-OH is 1. The first-order valence-electron chi connectivity index (χ1n) is 8.68. The smallest absolute Gasteiger partial charge is 0.237 e. The van der Waals surface area contributed by atoms with Crippen LogP contribution in [-0.2, 0) is 4.79 Å². The molecule has 0 aliphatic carbocycles. The van der Waals surface area contributed by atoms with Gasteiger partial charge < -0.3 is 10.0 Å². The zero-order chi connectivity index (χ0) is 17.6. The molecule has 1 N–H and O–H groups in total. The topological polar surface area (TPSA) is 47.0 Å². The van der Waals surface area contributed by atoms with Crippen LogP contribution in [0.1, 0.15) is 34.6 Å². The number of piperazine rings is 1. The van der Waals surface area contributed by atoms with Gasteiger partial charge in [0.2, 0.25) is 5.91 Å². The van der Waals surface area contributed by atoms with Crippen LogP contribution in [0.3, 0.4) is 0 Å². The first-order chi connectivity index (χ1) is 10.6. The van der Waals surface area contributed by atoms with Crippen molar-refractivity contribution in [1.29, 1.82) is 0 Å². The van der Waals surface area contributed by atoms with Gasteiger partial charge in [-0.05, 0) is 19.3 Å². The molecule has 134 valence electrons. The summed E-state index contributed by atoms with van der Waals surface area (Å²) >= 11 is 0. The number of β-amino-alcohol motifs (C(OH)–C–C–N with tert-alkyl or cyclic N) is 1. The Bertz CT molecular complexity index is 396. The minimum absolute atomic E-state index is 0.0860. The van der Waals surface area contributed by atoms with Gasteiger partial charge in [0, 0.05) is 45.8 Å². The van der Waals surface area contributed by atoms with Gasteiger partial charge in [0.25, 0.3) is 0 Å². The van der Waals surface area contributed by atoms with Crippen LogP contribution in [0.15, 0.2) is 12.2 Å². The zero-order valence-electron chi connectivity index (χ0n) is 15.6. The third kappa shape index (κ3) is 7.02. The molecule has 0 aromatic rings. The fourth-order valence-corrected chi connectivity index (χ4v) is 2.64. The van der Waals surface area contributed by atoms with Crippen LogP contribution in [0.5, 0.6) is 0 Å². The SMILES string of the molecule is C=C(C)CN(CC)C(=O)CN1CCN(CC(O)C(C)(C)C)CC1. The molecule has 1 aliphatic rings. The van der Waals surface area contributed by atoms with Crippen molar-refractivity contribution in [2.24, 2.45) is 5.41 Å². The molecule has 1 rings (SSSR count). The number of carbonyl (C=O) groups excluding carboxylic acids is 1. The van der Waals surface area contributed by atoms with E-state index >= 15 is 0 Å². The predicted molar refractivity (Wildman–Crippen MR) is 95.4 cm³/mol. The maximum atomic E-state index is 12.4. The molecule has 1 aliphatic heterocycles. The van der Waals surface area contributed by atoms with Crippen molar-refractivity contribution in [3.05, 3.63) is 12.2 Å². The fourth-order valence-electron chi connectivity index (χ4n) is 2.64. The summed E-state index contributed by atoms with van der Waals surface area (Å²) in [5, 5.41) is 10.2. The number of likely N-dealkylation sites (N-methyl/N-ethyl adjacent to an activating group) is 1.